The summed E-state index contributed by atoms with van der Waals surface area (Å²) >= 11 is 1.80. The van der Waals surface area contributed by atoms with Gasteiger partial charge in [0.05, 0.1) is 25.4 Å². The molecule has 0 saturated carbocycles. The summed E-state index contributed by atoms with van der Waals surface area (Å²) in [5, 5.41) is 13.5. The molecule has 2 aromatic heterocycles. The molecule has 2 fully saturated rings. The minimum Gasteiger partial charge on any atom is -0.481 e. The van der Waals surface area contributed by atoms with Crippen molar-refractivity contribution in [1.82, 2.24) is 14.9 Å². The van der Waals surface area contributed by atoms with Crippen LogP contribution in [0.25, 0.3) is 0 Å². The highest BCUT2D eigenvalue weighted by Crippen LogP contribution is 2.48. The molecule has 7 heteroatoms. The van der Waals surface area contributed by atoms with Gasteiger partial charge in [0.2, 0.25) is 5.88 Å². The van der Waals surface area contributed by atoms with Crippen LogP contribution in [0.2, 0.25) is 0 Å². The van der Waals surface area contributed by atoms with E-state index in [4.69, 9.17) is 9.47 Å². The highest BCUT2D eigenvalue weighted by Gasteiger charge is 2.49. The maximum Gasteiger partial charge on any atom is 0.319 e. The Kier molecular flexibility index (Phi) is 4.39. The van der Waals surface area contributed by atoms with Gasteiger partial charge < -0.3 is 14.6 Å². The number of ether oxygens (including phenoxy) is 2. The second-order valence-corrected chi connectivity index (χ2v) is 7.89. The van der Waals surface area contributed by atoms with E-state index in [9.17, 15) is 5.11 Å². The molecule has 134 valence electrons. The second-order valence-electron chi connectivity index (χ2n) is 6.86. The van der Waals surface area contributed by atoms with E-state index in [0.29, 0.717) is 36.4 Å². The van der Waals surface area contributed by atoms with Crippen LogP contribution in [0.15, 0.2) is 23.7 Å². The van der Waals surface area contributed by atoms with Crippen LogP contribution in [-0.4, -0.2) is 46.3 Å². The molecule has 0 aromatic carbocycles. The number of rotatable bonds is 5. The van der Waals surface area contributed by atoms with Crippen molar-refractivity contribution in [2.24, 2.45) is 0 Å². The Bertz CT molecular complexity index is 723. The van der Waals surface area contributed by atoms with Crippen molar-refractivity contribution < 1.29 is 14.6 Å². The number of hydrogen-bond acceptors (Lipinski definition) is 7. The first-order valence-corrected chi connectivity index (χ1v) is 9.47. The van der Waals surface area contributed by atoms with Crippen LogP contribution in [0.3, 0.4) is 0 Å². The Morgan fingerprint density at radius 2 is 2.04 bits per heavy atom. The standard InChI is InChI=1S/C18H23N3O3S/c1-23-16-15(10-19-17(20-16)24-2)18(22)8-12-5-6-13(9-18)21(12)11-14-4-3-7-25-14/h3-4,7,10,12-13,22H,5-6,8-9,11H2,1-2H3/t12-,13+,18?. The number of piperidine rings is 1. The fourth-order valence-corrected chi connectivity index (χ4v) is 5.01. The first-order chi connectivity index (χ1) is 12.1. The van der Waals surface area contributed by atoms with Crippen molar-refractivity contribution >= 4 is 11.3 Å². The van der Waals surface area contributed by atoms with Gasteiger partial charge in [0.15, 0.2) is 0 Å². The van der Waals surface area contributed by atoms with Crippen LogP contribution in [0, 0.1) is 0 Å². The number of thiophene rings is 1. The molecule has 4 rings (SSSR count). The van der Waals surface area contributed by atoms with Gasteiger partial charge in [-0.1, -0.05) is 6.07 Å². The molecule has 0 spiro atoms. The SMILES string of the molecule is COc1ncc(C2(O)C[C@H]3CC[C@@H](C2)N3Cc2cccs2)c(OC)n1. The third kappa shape index (κ3) is 3.01. The van der Waals surface area contributed by atoms with Gasteiger partial charge >= 0.3 is 6.01 Å². The third-order valence-electron chi connectivity index (χ3n) is 5.45. The lowest BCUT2D eigenvalue weighted by molar-refractivity contribution is -0.0610. The molecule has 0 amide bonds. The fraction of sp³-hybridized carbons (Fsp3) is 0.556. The van der Waals surface area contributed by atoms with E-state index in [1.54, 1.807) is 24.6 Å². The molecule has 0 aliphatic carbocycles. The normalized spacial score (nSPS) is 28.9. The first kappa shape index (κ1) is 16.8. The summed E-state index contributed by atoms with van der Waals surface area (Å²) in [6.07, 6.45) is 5.26. The van der Waals surface area contributed by atoms with Gasteiger partial charge in [-0.25, -0.2) is 4.98 Å². The van der Waals surface area contributed by atoms with Gasteiger partial charge in [0.1, 0.15) is 0 Å². The molecule has 1 N–H and O–H groups in total. The summed E-state index contributed by atoms with van der Waals surface area (Å²) < 4.78 is 10.5. The molecule has 2 bridgehead atoms. The number of methoxy groups -OCH3 is 2. The summed E-state index contributed by atoms with van der Waals surface area (Å²) in [5.41, 5.74) is -0.279. The van der Waals surface area contributed by atoms with Crippen molar-refractivity contribution in [1.29, 1.82) is 0 Å². The van der Waals surface area contributed by atoms with Crippen LogP contribution in [-0.2, 0) is 12.1 Å². The summed E-state index contributed by atoms with van der Waals surface area (Å²) in [6.45, 7) is 0.972. The van der Waals surface area contributed by atoms with Crippen LogP contribution < -0.4 is 9.47 Å². The van der Waals surface area contributed by atoms with Crippen molar-refractivity contribution in [2.75, 3.05) is 14.2 Å². The van der Waals surface area contributed by atoms with E-state index in [0.717, 1.165) is 19.4 Å². The molecule has 2 aliphatic rings. The lowest BCUT2D eigenvalue weighted by Crippen LogP contribution is -2.49. The van der Waals surface area contributed by atoms with Crippen LogP contribution in [0.5, 0.6) is 11.9 Å². The monoisotopic (exact) mass is 361 g/mol. The summed E-state index contributed by atoms with van der Waals surface area (Å²) in [6, 6.07) is 5.28. The molecular formula is C18H23N3O3S. The van der Waals surface area contributed by atoms with Crippen LogP contribution >= 0.6 is 11.3 Å². The van der Waals surface area contributed by atoms with E-state index in [-0.39, 0.29) is 6.01 Å². The zero-order valence-corrected chi connectivity index (χ0v) is 15.3. The average molecular weight is 361 g/mol. The third-order valence-corrected chi connectivity index (χ3v) is 6.31. The highest BCUT2D eigenvalue weighted by atomic mass is 32.1. The van der Waals surface area contributed by atoms with Gasteiger partial charge in [-0.2, -0.15) is 4.98 Å². The zero-order chi connectivity index (χ0) is 17.4. The maximum atomic E-state index is 11.4. The molecule has 4 heterocycles. The van der Waals surface area contributed by atoms with Gasteiger partial charge in [-0.3, -0.25) is 4.90 Å². The van der Waals surface area contributed by atoms with Crippen molar-refractivity contribution in [3.05, 3.63) is 34.2 Å². The average Bonchev–Trinajstić information content (AvgIpc) is 3.22. The van der Waals surface area contributed by atoms with Gasteiger partial charge in [0.25, 0.3) is 0 Å². The Morgan fingerprint density at radius 1 is 1.28 bits per heavy atom. The summed E-state index contributed by atoms with van der Waals surface area (Å²) in [5.74, 6) is 0.403. The van der Waals surface area contributed by atoms with Gasteiger partial charge in [0, 0.05) is 29.7 Å². The molecule has 0 radical (unpaired) electrons. The molecule has 2 aromatic rings. The zero-order valence-electron chi connectivity index (χ0n) is 14.5. The minimum atomic E-state index is -0.949. The molecule has 2 saturated heterocycles. The number of fused-ring (bicyclic) bond motifs is 2. The first-order valence-electron chi connectivity index (χ1n) is 8.59. The highest BCUT2D eigenvalue weighted by molar-refractivity contribution is 7.09. The van der Waals surface area contributed by atoms with E-state index in [1.165, 1.54) is 12.0 Å². The quantitative estimate of drug-likeness (QED) is 0.883. The van der Waals surface area contributed by atoms with Crippen molar-refractivity contribution in [3.63, 3.8) is 0 Å². The Labute approximate surface area is 151 Å². The Morgan fingerprint density at radius 3 is 2.64 bits per heavy atom. The predicted molar refractivity (Wildman–Crippen MR) is 94.9 cm³/mol. The summed E-state index contributed by atoms with van der Waals surface area (Å²) in [7, 11) is 3.08. The molecule has 6 nitrogen and oxygen atoms in total. The predicted octanol–water partition coefficient (Wildman–Crippen LogP) is 2.57. The number of aliphatic hydroxyl groups is 1. The van der Waals surface area contributed by atoms with E-state index in [1.807, 2.05) is 0 Å². The topological polar surface area (TPSA) is 67.7 Å². The van der Waals surface area contributed by atoms with Crippen LogP contribution in [0.4, 0.5) is 0 Å². The number of aromatic nitrogens is 2. The number of nitrogens with zero attached hydrogens (tertiary/aromatic N) is 3. The second kappa shape index (κ2) is 6.55. The van der Waals surface area contributed by atoms with E-state index in [2.05, 4.69) is 32.4 Å². The Balaban J connectivity index is 1.59. The van der Waals surface area contributed by atoms with Crippen molar-refractivity contribution in [3.8, 4) is 11.9 Å². The fourth-order valence-electron chi connectivity index (χ4n) is 4.30. The van der Waals surface area contributed by atoms with Gasteiger partial charge in [-0.05, 0) is 37.1 Å². The maximum absolute atomic E-state index is 11.4. The largest absolute Gasteiger partial charge is 0.481 e. The van der Waals surface area contributed by atoms with Crippen molar-refractivity contribution in [2.45, 2.75) is 49.9 Å². The minimum absolute atomic E-state index is 0.252. The van der Waals surface area contributed by atoms with Gasteiger partial charge in [-0.15, -0.1) is 11.3 Å². The summed E-state index contributed by atoms with van der Waals surface area (Å²) in [4.78, 5) is 12.4. The molecule has 1 unspecified atom stereocenters. The molecular weight excluding hydrogens is 338 g/mol. The molecule has 25 heavy (non-hydrogen) atoms. The van der Waals surface area contributed by atoms with Crippen LogP contribution in [0.1, 0.15) is 36.1 Å². The van der Waals surface area contributed by atoms with E-state index >= 15 is 0 Å². The lowest BCUT2D eigenvalue weighted by Gasteiger charge is -2.43. The molecule has 3 atom stereocenters. The Hall–Kier alpha value is -1.70. The van der Waals surface area contributed by atoms with E-state index < -0.39 is 5.60 Å². The smallest absolute Gasteiger partial charge is 0.319 e. The molecule has 2 aliphatic heterocycles. The lowest BCUT2D eigenvalue weighted by atomic mass is 9.81. The number of hydrogen-bond donors (Lipinski definition) is 1.